The van der Waals surface area contributed by atoms with Gasteiger partial charge >= 0.3 is 0 Å². The van der Waals surface area contributed by atoms with Crippen LogP contribution in [0.4, 0.5) is 5.82 Å². The van der Waals surface area contributed by atoms with Crippen molar-refractivity contribution in [3.8, 4) is 0 Å². The average molecular weight is 305 g/mol. The monoisotopic (exact) mass is 305 g/mol. The molecule has 0 unspecified atom stereocenters. The molecule has 112 valence electrons. The summed E-state index contributed by atoms with van der Waals surface area (Å²) in [6.07, 6.45) is 2.44. The lowest BCUT2D eigenvalue weighted by Gasteiger charge is -2.17. The summed E-state index contributed by atoms with van der Waals surface area (Å²) in [6, 6.07) is 10.3. The highest BCUT2D eigenvalue weighted by Crippen LogP contribution is 2.20. The quantitative estimate of drug-likeness (QED) is 0.851. The smallest absolute Gasteiger partial charge is 0.251 e. The molecule has 0 spiro atoms. The van der Waals surface area contributed by atoms with E-state index in [1.165, 1.54) is 13.2 Å². The van der Waals surface area contributed by atoms with Crippen LogP contribution in [0, 0.1) is 5.92 Å². The van der Waals surface area contributed by atoms with Gasteiger partial charge in [-0.05, 0) is 42.2 Å². The van der Waals surface area contributed by atoms with Crippen molar-refractivity contribution in [1.82, 2.24) is 10.2 Å². The van der Waals surface area contributed by atoms with E-state index in [1.807, 2.05) is 12.1 Å². The van der Waals surface area contributed by atoms with Crippen LogP contribution in [0.2, 0.25) is 0 Å². The van der Waals surface area contributed by atoms with E-state index in [0.29, 0.717) is 11.7 Å². The highest BCUT2D eigenvalue weighted by Gasteiger charge is 2.22. The van der Waals surface area contributed by atoms with Gasteiger partial charge in [-0.2, -0.15) is 5.10 Å². The molecule has 0 aliphatic heterocycles. The molecule has 21 heavy (non-hydrogen) atoms. The highest BCUT2D eigenvalue weighted by molar-refractivity contribution is 7.92. The van der Waals surface area contributed by atoms with E-state index < -0.39 is 10.0 Å². The fourth-order valence-corrected chi connectivity index (χ4v) is 3.15. The fraction of sp³-hybridized carbons (Fsp3) is 0.333. The van der Waals surface area contributed by atoms with E-state index in [4.69, 9.17) is 0 Å². The van der Waals surface area contributed by atoms with Crippen molar-refractivity contribution in [2.24, 2.45) is 5.92 Å². The molecule has 1 aromatic carbocycles. The van der Waals surface area contributed by atoms with Crippen molar-refractivity contribution < 1.29 is 8.42 Å². The Balaban J connectivity index is 2.27. The Hall–Kier alpha value is -1.95. The van der Waals surface area contributed by atoms with Crippen molar-refractivity contribution >= 4 is 15.8 Å². The van der Waals surface area contributed by atoms with Crippen molar-refractivity contribution in [3.05, 3.63) is 48.2 Å². The van der Waals surface area contributed by atoms with Crippen molar-refractivity contribution in [2.45, 2.75) is 25.2 Å². The maximum absolute atomic E-state index is 12.5. The summed E-state index contributed by atoms with van der Waals surface area (Å²) in [5, 5.41) is 7.53. The normalized spacial score (nSPS) is 11.6. The third-order valence-corrected chi connectivity index (χ3v) is 4.88. The molecule has 1 heterocycles. The van der Waals surface area contributed by atoms with E-state index in [2.05, 4.69) is 24.0 Å². The number of hydrogen-bond acceptors (Lipinski definition) is 4. The maximum atomic E-state index is 12.5. The van der Waals surface area contributed by atoms with Gasteiger partial charge in [0.15, 0.2) is 5.82 Å². The van der Waals surface area contributed by atoms with Gasteiger partial charge < -0.3 is 0 Å². The molecule has 0 bridgehead atoms. The summed E-state index contributed by atoms with van der Waals surface area (Å²) in [7, 11) is -2.13. The largest absolute Gasteiger partial charge is 0.265 e. The Kier molecular flexibility index (Phi) is 4.57. The molecule has 5 nitrogen and oxygen atoms in total. The minimum absolute atomic E-state index is 0.253. The third-order valence-electron chi connectivity index (χ3n) is 3.11. The second-order valence-electron chi connectivity index (χ2n) is 5.30. The fourth-order valence-electron chi connectivity index (χ4n) is 2.01. The number of rotatable bonds is 5. The van der Waals surface area contributed by atoms with Gasteiger partial charge in [-0.1, -0.05) is 26.0 Å². The summed E-state index contributed by atoms with van der Waals surface area (Å²) in [4.78, 5) is 0.253. The number of nitrogens with zero attached hydrogens (tertiary/aromatic N) is 3. The van der Waals surface area contributed by atoms with Gasteiger partial charge in [-0.3, -0.25) is 4.31 Å². The van der Waals surface area contributed by atoms with Crippen molar-refractivity contribution in [1.29, 1.82) is 0 Å². The third kappa shape index (κ3) is 3.58. The van der Waals surface area contributed by atoms with Crippen LogP contribution in [0.1, 0.15) is 19.4 Å². The SMILES string of the molecule is CC(C)Cc1ccc(S(=O)(=O)N(C)c2cccnn2)cc1. The standard InChI is InChI=1S/C15H19N3O2S/c1-12(2)11-13-6-8-14(9-7-13)21(19,20)18(3)15-5-4-10-16-17-15/h4-10,12H,11H2,1-3H3. The van der Waals surface area contributed by atoms with E-state index >= 15 is 0 Å². The molecule has 0 atom stereocenters. The van der Waals surface area contributed by atoms with Crippen LogP contribution in [0.25, 0.3) is 0 Å². The molecule has 2 rings (SSSR count). The first-order valence-corrected chi connectivity index (χ1v) is 8.21. The molecule has 0 fully saturated rings. The first-order valence-electron chi connectivity index (χ1n) is 6.77. The first kappa shape index (κ1) is 15.4. The van der Waals surface area contributed by atoms with Gasteiger partial charge in [-0.25, -0.2) is 8.42 Å². The number of aromatic nitrogens is 2. The molecule has 0 aliphatic rings. The van der Waals surface area contributed by atoms with Gasteiger partial charge in [0.25, 0.3) is 10.0 Å². The lowest BCUT2D eigenvalue weighted by Crippen LogP contribution is -2.27. The summed E-state index contributed by atoms with van der Waals surface area (Å²) >= 11 is 0. The molecule has 0 aliphatic carbocycles. The predicted octanol–water partition coefficient (Wildman–Crippen LogP) is 2.50. The number of benzene rings is 1. The Morgan fingerprint density at radius 2 is 1.81 bits per heavy atom. The minimum atomic E-state index is -3.61. The zero-order chi connectivity index (χ0) is 15.5. The van der Waals surface area contributed by atoms with E-state index in [1.54, 1.807) is 24.3 Å². The van der Waals surface area contributed by atoms with Gasteiger partial charge in [0.2, 0.25) is 0 Å². The molecule has 2 aromatic rings. The zero-order valence-corrected chi connectivity index (χ0v) is 13.2. The summed E-state index contributed by atoms with van der Waals surface area (Å²) in [5.74, 6) is 0.832. The molecular formula is C15H19N3O2S. The van der Waals surface area contributed by atoms with E-state index in [0.717, 1.165) is 16.3 Å². The predicted molar refractivity (Wildman–Crippen MR) is 82.6 cm³/mol. The summed E-state index contributed by atoms with van der Waals surface area (Å²) < 4.78 is 26.2. The van der Waals surface area contributed by atoms with Gasteiger partial charge in [0.1, 0.15) is 0 Å². The van der Waals surface area contributed by atoms with Gasteiger partial charge in [0, 0.05) is 13.2 Å². The molecule has 0 saturated heterocycles. The second-order valence-corrected chi connectivity index (χ2v) is 7.27. The molecule has 0 saturated carbocycles. The number of hydrogen-bond donors (Lipinski definition) is 0. The van der Waals surface area contributed by atoms with Gasteiger partial charge in [-0.15, -0.1) is 5.10 Å². The Morgan fingerprint density at radius 1 is 1.14 bits per heavy atom. The number of anilines is 1. The van der Waals surface area contributed by atoms with Crippen molar-refractivity contribution in [3.63, 3.8) is 0 Å². The minimum Gasteiger partial charge on any atom is -0.251 e. The Morgan fingerprint density at radius 3 is 2.33 bits per heavy atom. The molecule has 0 radical (unpaired) electrons. The van der Waals surface area contributed by atoms with Crippen LogP contribution in [-0.2, 0) is 16.4 Å². The van der Waals surface area contributed by atoms with Crippen molar-refractivity contribution in [2.75, 3.05) is 11.4 Å². The summed E-state index contributed by atoms with van der Waals surface area (Å²) in [5.41, 5.74) is 1.13. The molecular weight excluding hydrogens is 286 g/mol. The lowest BCUT2D eigenvalue weighted by molar-refractivity contribution is 0.593. The lowest BCUT2D eigenvalue weighted by atomic mass is 10.0. The van der Waals surface area contributed by atoms with E-state index in [-0.39, 0.29) is 4.90 Å². The van der Waals surface area contributed by atoms with Crippen LogP contribution >= 0.6 is 0 Å². The first-order chi connectivity index (χ1) is 9.91. The zero-order valence-electron chi connectivity index (χ0n) is 12.4. The Labute approximate surface area is 125 Å². The van der Waals surface area contributed by atoms with Crippen LogP contribution in [-0.4, -0.2) is 25.7 Å². The van der Waals surface area contributed by atoms with Crippen LogP contribution in [0.3, 0.4) is 0 Å². The molecule has 6 heteroatoms. The maximum Gasteiger partial charge on any atom is 0.265 e. The molecule has 0 N–H and O–H groups in total. The van der Waals surface area contributed by atoms with E-state index in [9.17, 15) is 8.42 Å². The van der Waals surface area contributed by atoms with Crippen LogP contribution in [0.15, 0.2) is 47.5 Å². The second kappa shape index (κ2) is 6.22. The number of sulfonamides is 1. The average Bonchev–Trinajstić information content (AvgIpc) is 2.47. The van der Waals surface area contributed by atoms with Crippen LogP contribution in [0.5, 0.6) is 0 Å². The topological polar surface area (TPSA) is 63.2 Å². The molecule has 0 amide bonds. The Bertz CT molecular complexity index is 683. The molecule has 1 aromatic heterocycles. The van der Waals surface area contributed by atoms with Gasteiger partial charge in [0.05, 0.1) is 4.90 Å². The summed E-state index contributed by atoms with van der Waals surface area (Å²) in [6.45, 7) is 4.26. The highest BCUT2D eigenvalue weighted by atomic mass is 32.2. The van der Waals surface area contributed by atoms with Crippen LogP contribution < -0.4 is 4.31 Å².